The van der Waals surface area contributed by atoms with Gasteiger partial charge in [-0.05, 0) is 54.1 Å². The zero-order chi connectivity index (χ0) is 19.5. The molecule has 0 radical (unpaired) electrons. The van der Waals surface area contributed by atoms with Gasteiger partial charge in [0.05, 0.1) is 5.25 Å². The number of aromatic amines is 1. The molecule has 0 saturated heterocycles. The first-order chi connectivity index (χ1) is 13.6. The number of carbonyl (C=O) groups is 1. The molecule has 3 aromatic carbocycles. The number of benzene rings is 3. The van der Waals surface area contributed by atoms with E-state index in [1.165, 1.54) is 11.8 Å². The third-order valence-electron chi connectivity index (χ3n) is 4.25. The number of hydrogen-bond acceptors (Lipinski definition) is 4. The van der Waals surface area contributed by atoms with Crippen LogP contribution in [-0.2, 0) is 4.79 Å². The summed E-state index contributed by atoms with van der Waals surface area (Å²) in [6, 6.07) is 21.2. The molecule has 2 N–H and O–H groups in total. The summed E-state index contributed by atoms with van der Waals surface area (Å²) < 4.78 is 0. The normalized spacial score (nSPS) is 12.1. The van der Waals surface area contributed by atoms with E-state index >= 15 is 0 Å². The maximum absolute atomic E-state index is 12.6. The van der Waals surface area contributed by atoms with Crippen molar-refractivity contribution < 1.29 is 4.79 Å². The average molecular weight is 409 g/mol. The molecule has 1 atom stereocenters. The van der Waals surface area contributed by atoms with Gasteiger partial charge in [0.2, 0.25) is 11.1 Å². The van der Waals surface area contributed by atoms with Crippen LogP contribution in [0.15, 0.2) is 71.9 Å². The lowest BCUT2D eigenvalue weighted by atomic mass is 10.1. The molecule has 140 valence electrons. The summed E-state index contributed by atoms with van der Waals surface area (Å²) in [6.45, 7) is 1.83. The molecule has 1 unspecified atom stereocenters. The number of hydrogen-bond donors (Lipinski definition) is 2. The fraction of sp³-hybridized carbons (Fsp3) is 0.0952. The topological polar surface area (TPSA) is 70.7 Å². The van der Waals surface area contributed by atoms with E-state index < -0.39 is 0 Å². The average Bonchev–Trinajstić information content (AvgIpc) is 3.17. The van der Waals surface area contributed by atoms with Crippen LogP contribution in [0.2, 0.25) is 5.02 Å². The van der Waals surface area contributed by atoms with Crippen molar-refractivity contribution in [1.82, 2.24) is 15.2 Å². The zero-order valence-electron chi connectivity index (χ0n) is 15.0. The number of halogens is 1. The van der Waals surface area contributed by atoms with E-state index in [0.29, 0.717) is 16.0 Å². The Labute approximate surface area is 171 Å². The minimum atomic E-state index is -0.347. The monoisotopic (exact) mass is 408 g/mol. The second-order valence-corrected chi connectivity index (χ2v) is 8.03. The second kappa shape index (κ2) is 8.04. The van der Waals surface area contributed by atoms with Gasteiger partial charge in [0.15, 0.2) is 5.82 Å². The van der Waals surface area contributed by atoms with Crippen LogP contribution >= 0.6 is 23.4 Å². The van der Waals surface area contributed by atoms with Gasteiger partial charge in [0, 0.05) is 16.3 Å². The first-order valence-electron chi connectivity index (χ1n) is 8.73. The molecule has 7 heteroatoms. The van der Waals surface area contributed by atoms with Crippen LogP contribution < -0.4 is 5.32 Å². The van der Waals surface area contributed by atoms with Crippen molar-refractivity contribution in [1.29, 1.82) is 0 Å². The Morgan fingerprint density at radius 1 is 1.07 bits per heavy atom. The quantitative estimate of drug-likeness (QED) is 0.434. The van der Waals surface area contributed by atoms with Gasteiger partial charge >= 0.3 is 0 Å². The van der Waals surface area contributed by atoms with Gasteiger partial charge < -0.3 is 5.32 Å². The standard InChI is InChI=1S/C21H17ClN4OS/c1-13(20(27)23-18-11-8-14-4-2-3-5-16(14)12-18)28-21-24-19(25-26-21)15-6-9-17(22)10-7-15/h2-13H,1H3,(H,23,27)(H,24,25,26). The van der Waals surface area contributed by atoms with Crippen LogP contribution in [0.5, 0.6) is 0 Å². The predicted octanol–water partition coefficient (Wildman–Crippen LogP) is 5.40. The lowest BCUT2D eigenvalue weighted by molar-refractivity contribution is -0.115. The number of carbonyl (C=O) groups excluding carboxylic acids is 1. The molecule has 0 aliphatic carbocycles. The highest BCUT2D eigenvalue weighted by molar-refractivity contribution is 8.00. The highest BCUT2D eigenvalue weighted by Crippen LogP contribution is 2.25. The van der Waals surface area contributed by atoms with Gasteiger partial charge in [0.25, 0.3) is 0 Å². The Morgan fingerprint density at radius 3 is 2.61 bits per heavy atom. The Bertz CT molecular complexity index is 1130. The first-order valence-corrected chi connectivity index (χ1v) is 9.99. The highest BCUT2D eigenvalue weighted by Gasteiger charge is 2.18. The molecular weight excluding hydrogens is 392 g/mol. The van der Waals surface area contributed by atoms with Gasteiger partial charge in [-0.2, -0.15) is 0 Å². The number of nitrogens with zero attached hydrogens (tertiary/aromatic N) is 2. The lowest BCUT2D eigenvalue weighted by Gasteiger charge is -2.10. The SMILES string of the molecule is CC(Sc1n[nH]c(-c2ccc(Cl)cc2)n1)C(=O)Nc1ccc2ccccc2c1. The number of aromatic nitrogens is 3. The summed E-state index contributed by atoms with van der Waals surface area (Å²) in [5, 5.41) is 13.1. The first kappa shape index (κ1) is 18.5. The smallest absolute Gasteiger partial charge is 0.237 e. The molecule has 4 rings (SSSR count). The molecule has 1 amide bonds. The van der Waals surface area contributed by atoms with E-state index in [-0.39, 0.29) is 11.2 Å². The van der Waals surface area contributed by atoms with Crippen molar-refractivity contribution in [2.24, 2.45) is 0 Å². The fourth-order valence-electron chi connectivity index (χ4n) is 2.76. The summed E-state index contributed by atoms with van der Waals surface area (Å²) in [5.41, 5.74) is 1.66. The van der Waals surface area contributed by atoms with E-state index in [0.717, 1.165) is 22.0 Å². The van der Waals surface area contributed by atoms with Gasteiger partial charge in [-0.3, -0.25) is 9.89 Å². The van der Waals surface area contributed by atoms with E-state index in [1.807, 2.05) is 61.5 Å². The molecule has 0 saturated carbocycles. The molecular formula is C21H17ClN4OS. The van der Waals surface area contributed by atoms with Crippen LogP contribution in [-0.4, -0.2) is 26.3 Å². The van der Waals surface area contributed by atoms with Gasteiger partial charge in [0.1, 0.15) is 0 Å². The predicted molar refractivity (Wildman–Crippen MR) is 115 cm³/mol. The zero-order valence-corrected chi connectivity index (χ0v) is 16.6. The van der Waals surface area contributed by atoms with Crippen LogP contribution in [0.1, 0.15) is 6.92 Å². The Morgan fingerprint density at radius 2 is 1.82 bits per heavy atom. The molecule has 0 bridgehead atoms. The summed E-state index contributed by atoms with van der Waals surface area (Å²) in [5.74, 6) is 0.541. The lowest BCUT2D eigenvalue weighted by Crippen LogP contribution is -2.22. The van der Waals surface area contributed by atoms with Crippen LogP contribution in [0.4, 0.5) is 5.69 Å². The number of rotatable bonds is 5. The molecule has 28 heavy (non-hydrogen) atoms. The fourth-order valence-corrected chi connectivity index (χ4v) is 3.61. The summed E-state index contributed by atoms with van der Waals surface area (Å²) in [4.78, 5) is 17.0. The van der Waals surface area contributed by atoms with Crippen molar-refractivity contribution >= 4 is 45.7 Å². The van der Waals surface area contributed by atoms with Crippen molar-refractivity contribution in [2.75, 3.05) is 5.32 Å². The Kier molecular flexibility index (Phi) is 5.32. The molecule has 0 aliphatic rings. The third kappa shape index (κ3) is 4.18. The Balaban J connectivity index is 1.42. The maximum Gasteiger partial charge on any atom is 0.237 e. The second-order valence-electron chi connectivity index (χ2n) is 6.28. The van der Waals surface area contributed by atoms with E-state index in [2.05, 4.69) is 20.5 Å². The minimum absolute atomic E-state index is 0.0990. The third-order valence-corrected chi connectivity index (χ3v) is 5.46. The van der Waals surface area contributed by atoms with Gasteiger partial charge in [-0.25, -0.2) is 4.98 Å². The molecule has 0 aliphatic heterocycles. The maximum atomic E-state index is 12.6. The van der Waals surface area contributed by atoms with Gasteiger partial charge in [-0.1, -0.05) is 53.7 Å². The van der Waals surface area contributed by atoms with E-state index in [1.54, 1.807) is 12.1 Å². The largest absolute Gasteiger partial charge is 0.325 e. The number of amides is 1. The number of nitrogens with one attached hydrogen (secondary N) is 2. The highest BCUT2D eigenvalue weighted by atomic mass is 35.5. The number of fused-ring (bicyclic) bond motifs is 1. The molecule has 0 spiro atoms. The minimum Gasteiger partial charge on any atom is -0.325 e. The van der Waals surface area contributed by atoms with Crippen molar-refractivity contribution in [3.05, 3.63) is 71.8 Å². The van der Waals surface area contributed by atoms with Gasteiger partial charge in [-0.15, -0.1) is 5.10 Å². The summed E-state index contributed by atoms with van der Waals surface area (Å²) in [7, 11) is 0. The summed E-state index contributed by atoms with van der Waals surface area (Å²) >= 11 is 7.21. The van der Waals surface area contributed by atoms with Crippen LogP contribution in [0, 0.1) is 0 Å². The summed E-state index contributed by atoms with van der Waals surface area (Å²) in [6.07, 6.45) is 0. The number of anilines is 1. The Hall–Kier alpha value is -2.83. The number of thioether (sulfide) groups is 1. The molecule has 5 nitrogen and oxygen atoms in total. The van der Waals surface area contributed by atoms with E-state index in [9.17, 15) is 4.79 Å². The van der Waals surface area contributed by atoms with Crippen molar-refractivity contribution in [3.63, 3.8) is 0 Å². The van der Waals surface area contributed by atoms with Crippen molar-refractivity contribution in [2.45, 2.75) is 17.3 Å². The van der Waals surface area contributed by atoms with Crippen LogP contribution in [0.3, 0.4) is 0 Å². The molecule has 4 aromatic rings. The van der Waals surface area contributed by atoms with E-state index in [4.69, 9.17) is 11.6 Å². The number of H-pyrrole nitrogens is 1. The molecule has 0 fully saturated rings. The molecule has 1 heterocycles. The van der Waals surface area contributed by atoms with Crippen molar-refractivity contribution in [3.8, 4) is 11.4 Å². The molecule has 1 aromatic heterocycles. The van der Waals surface area contributed by atoms with Crippen LogP contribution in [0.25, 0.3) is 22.2 Å².